The van der Waals surface area contributed by atoms with Crippen LogP contribution in [0.15, 0.2) is 36.7 Å². The van der Waals surface area contributed by atoms with Crippen molar-refractivity contribution in [3.05, 3.63) is 42.2 Å². The van der Waals surface area contributed by atoms with Crippen molar-refractivity contribution in [1.29, 1.82) is 0 Å². The van der Waals surface area contributed by atoms with Gasteiger partial charge in [-0.05, 0) is 43.7 Å². The molecule has 0 bridgehead atoms. The van der Waals surface area contributed by atoms with Crippen molar-refractivity contribution < 1.29 is 9.59 Å². The Labute approximate surface area is 146 Å². The third-order valence-electron chi connectivity index (χ3n) is 4.20. The summed E-state index contributed by atoms with van der Waals surface area (Å²) in [6.07, 6.45) is 6.94. The molecule has 4 N–H and O–H groups in total. The summed E-state index contributed by atoms with van der Waals surface area (Å²) in [6.45, 7) is 0.978. The van der Waals surface area contributed by atoms with E-state index in [0.29, 0.717) is 29.1 Å². The molecular weight excluding hydrogens is 318 g/mol. The summed E-state index contributed by atoms with van der Waals surface area (Å²) in [6, 6.07) is 6.92. The fourth-order valence-electron chi connectivity index (χ4n) is 2.88. The van der Waals surface area contributed by atoms with Crippen LogP contribution in [-0.4, -0.2) is 34.4 Å². The molecule has 7 nitrogen and oxygen atoms in total. The van der Waals surface area contributed by atoms with E-state index in [1.165, 1.54) is 19.0 Å². The van der Waals surface area contributed by atoms with Crippen molar-refractivity contribution in [3.8, 4) is 11.4 Å². The zero-order valence-corrected chi connectivity index (χ0v) is 13.9. The summed E-state index contributed by atoms with van der Waals surface area (Å²) in [5, 5.41) is 6.22. The van der Waals surface area contributed by atoms with Gasteiger partial charge in [-0.3, -0.25) is 19.6 Å². The molecule has 1 unspecified atom stereocenters. The van der Waals surface area contributed by atoms with Crippen LogP contribution in [-0.2, 0) is 4.79 Å². The Balaban J connectivity index is 1.63. The van der Waals surface area contributed by atoms with Crippen molar-refractivity contribution in [2.75, 3.05) is 11.9 Å². The number of carbonyl (C=O) groups is 2. The molecule has 2 aromatic rings. The average Bonchev–Trinajstić information content (AvgIpc) is 2.63. The molecule has 1 atom stereocenters. The number of nitrogens with one attached hydrogen (secondary N) is 2. The number of carbonyl (C=O) groups excluding carboxylic acids is 2. The quantitative estimate of drug-likeness (QED) is 0.768. The van der Waals surface area contributed by atoms with Crippen LogP contribution in [0.1, 0.15) is 36.0 Å². The summed E-state index contributed by atoms with van der Waals surface area (Å²) in [5.74, 6) is -0.536. The van der Waals surface area contributed by atoms with E-state index < -0.39 is 5.91 Å². The lowest BCUT2D eigenvalue weighted by Gasteiger charge is -2.22. The molecule has 130 valence electrons. The van der Waals surface area contributed by atoms with E-state index in [-0.39, 0.29) is 11.9 Å². The van der Waals surface area contributed by atoms with Gasteiger partial charge in [-0.1, -0.05) is 6.42 Å². The minimum atomic E-state index is -0.510. The molecule has 0 aromatic carbocycles. The molecule has 0 aliphatic carbocycles. The zero-order chi connectivity index (χ0) is 17.6. The maximum Gasteiger partial charge on any atom is 0.248 e. The van der Waals surface area contributed by atoms with Gasteiger partial charge in [0.15, 0.2) is 0 Å². The van der Waals surface area contributed by atoms with Gasteiger partial charge in [0.05, 0.1) is 23.3 Å². The minimum Gasteiger partial charge on any atom is -0.366 e. The maximum absolute atomic E-state index is 12.1. The number of rotatable bonds is 5. The van der Waals surface area contributed by atoms with E-state index in [4.69, 9.17) is 5.73 Å². The molecule has 0 saturated carbocycles. The van der Waals surface area contributed by atoms with Gasteiger partial charge in [-0.2, -0.15) is 0 Å². The Hall–Kier alpha value is -2.80. The fourth-order valence-corrected chi connectivity index (χ4v) is 2.88. The number of amides is 2. The molecule has 2 amide bonds. The van der Waals surface area contributed by atoms with Gasteiger partial charge >= 0.3 is 0 Å². The van der Waals surface area contributed by atoms with Crippen molar-refractivity contribution in [2.45, 2.75) is 31.7 Å². The van der Waals surface area contributed by atoms with Gasteiger partial charge in [0, 0.05) is 24.2 Å². The van der Waals surface area contributed by atoms with Crippen LogP contribution < -0.4 is 16.4 Å². The molecule has 0 spiro atoms. The molecule has 1 aliphatic rings. The highest BCUT2D eigenvalue weighted by Crippen LogP contribution is 2.18. The number of anilines is 1. The summed E-state index contributed by atoms with van der Waals surface area (Å²) < 4.78 is 0. The summed E-state index contributed by atoms with van der Waals surface area (Å²) in [5.41, 5.74) is 7.45. The number of piperidine rings is 1. The van der Waals surface area contributed by atoms with Crippen LogP contribution in [0, 0.1) is 0 Å². The average molecular weight is 339 g/mol. The van der Waals surface area contributed by atoms with Crippen molar-refractivity contribution in [2.24, 2.45) is 5.73 Å². The Morgan fingerprint density at radius 1 is 1.20 bits per heavy atom. The van der Waals surface area contributed by atoms with E-state index in [0.717, 1.165) is 13.0 Å². The van der Waals surface area contributed by atoms with Crippen LogP contribution in [0.3, 0.4) is 0 Å². The van der Waals surface area contributed by atoms with E-state index in [1.54, 1.807) is 30.5 Å². The monoisotopic (exact) mass is 339 g/mol. The fraction of sp³-hybridized carbons (Fsp3) is 0.333. The normalized spacial score (nSPS) is 17.0. The first kappa shape index (κ1) is 17.0. The van der Waals surface area contributed by atoms with Gasteiger partial charge in [0.1, 0.15) is 0 Å². The van der Waals surface area contributed by atoms with Crippen LogP contribution >= 0.6 is 0 Å². The molecule has 1 aliphatic heterocycles. The number of primary amides is 1. The smallest absolute Gasteiger partial charge is 0.248 e. The first-order valence-corrected chi connectivity index (χ1v) is 8.37. The Kier molecular flexibility index (Phi) is 5.35. The number of hydrogen-bond donors (Lipinski definition) is 3. The summed E-state index contributed by atoms with van der Waals surface area (Å²) >= 11 is 0. The highest BCUT2D eigenvalue weighted by molar-refractivity contribution is 5.93. The van der Waals surface area contributed by atoms with E-state index in [2.05, 4.69) is 20.6 Å². The number of nitrogens with zero attached hydrogens (tertiary/aromatic N) is 2. The Morgan fingerprint density at radius 3 is 2.76 bits per heavy atom. The molecule has 0 radical (unpaired) electrons. The lowest BCUT2D eigenvalue weighted by molar-refractivity contribution is -0.116. The summed E-state index contributed by atoms with van der Waals surface area (Å²) in [4.78, 5) is 31.9. The van der Waals surface area contributed by atoms with Crippen LogP contribution in [0.4, 0.5) is 5.69 Å². The van der Waals surface area contributed by atoms with Crippen molar-refractivity contribution >= 4 is 17.5 Å². The lowest BCUT2D eigenvalue weighted by Crippen LogP contribution is -2.36. The van der Waals surface area contributed by atoms with E-state index in [9.17, 15) is 9.59 Å². The topological polar surface area (TPSA) is 110 Å². The Morgan fingerprint density at radius 2 is 2.08 bits per heavy atom. The molecule has 1 fully saturated rings. The van der Waals surface area contributed by atoms with Gasteiger partial charge in [0.25, 0.3) is 0 Å². The lowest BCUT2D eigenvalue weighted by atomic mass is 10.0. The molecule has 25 heavy (non-hydrogen) atoms. The minimum absolute atomic E-state index is 0.0252. The first-order chi connectivity index (χ1) is 12.1. The van der Waals surface area contributed by atoms with Gasteiger partial charge < -0.3 is 16.4 Å². The highest BCUT2D eigenvalue weighted by Gasteiger charge is 2.16. The molecule has 3 rings (SSSR count). The number of aromatic nitrogens is 2. The SMILES string of the molecule is NC(=O)c1ccnc(-c2ccc(NC(=O)CC3CCCCN3)cn2)c1. The highest BCUT2D eigenvalue weighted by atomic mass is 16.2. The van der Waals surface area contributed by atoms with Crippen LogP contribution in [0.5, 0.6) is 0 Å². The molecule has 2 aromatic heterocycles. The van der Waals surface area contributed by atoms with E-state index in [1.807, 2.05) is 0 Å². The van der Waals surface area contributed by atoms with Gasteiger partial charge in [0.2, 0.25) is 11.8 Å². The molecular formula is C18H21N5O2. The van der Waals surface area contributed by atoms with Crippen molar-refractivity contribution in [3.63, 3.8) is 0 Å². The van der Waals surface area contributed by atoms with Crippen LogP contribution in [0.25, 0.3) is 11.4 Å². The number of hydrogen-bond acceptors (Lipinski definition) is 5. The first-order valence-electron chi connectivity index (χ1n) is 8.37. The zero-order valence-electron chi connectivity index (χ0n) is 13.9. The third kappa shape index (κ3) is 4.60. The predicted octanol–water partition coefficient (Wildman–Crippen LogP) is 1.71. The second-order valence-corrected chi connectivity index (χ2v) is 6.13. The third-order valence-corrected chi connectivity index (χ3v) is 4.20. The number of pyridine rings is 2. The second-order valence-electron chi connectivity index (χ2n) is 6.13. The summed E-state index contributed by atoms with van der Waals surface area (Å²) in [7, 11) is 0. The van der Waals surface area contributed by atoms with Crippen LogP contribution in [0.2, 0.25) is 0 Å². The second kappa shape index (κ2) is 7.85. The number of nitrogens with two attached hydrogens (primary N) is 1. The standard InChI is InChI=1S/C18H21N5O2/c19-18(25)12-6-8-21-16(9-12)15-5-4-14(11-22-15)23-17(24)10-13-3-1-2-7-20-13/h4-6,8-9,11,13,20H,1-3,7,10H2,(H2,19,25)(H,23,24). The van der Waals surface area contributed by atoms with Gasteiger partial charge in [-0.25, -0.2) is 0 Å². The molecule has 3 heterocycles. The molecule has 7 heteroatoms. The van der Waals surface area contributed by atoms with Crippen molar-refractivity contribution in [1.82, 2.24) is 15.3 Å². The van der Waals surface area contributed by atoms with E-state index >= 15 is 0 Å². The Bertz CT molecular complexity index is 754. The van der Waals surface area contributed by atoms with Gasteiger partial charge in [-0.15, -0.1) is 0 Å². The maximum atomic E-state index is 12.1. The molecule has 1 saturated heterocycles. The predicted molar refractivity (Wildman–Crippen MR) is 94.9 cm³/mol. The largest absolute Gasteiger partial charge is 0.366 e.